The number of hydrogen-bond acceptors (Lipinski definition) is 8. The maximum Gasteiger partial charge on any atom is 0.261 e. The number of piperazine rings is 1. The third-order valence-electron chi connectivity index (χ3n) is 7.98. The van der Waals surface area contributed by atoms with E-state index in [1.54, 1.807) is 42.7 Å². The highest BCUT2D eigenvalue weighted by Gasteiger charge is 2.16. The first-order valence-electron chi connectivity index (χ1n) is 14.7. The number of hydrogen-bond donors (Lipinski definition) is 2. The molecule has 1 aliphatic heterocycles. The number of para-hydroxylation sites is 1. The Morgan fingerprint density at radius 3 is 2.34 bits per heavy atom. The molecule has 2 N–H and O–H groups in total. The third kappa shape index (κ3) is 6.85. The molecule has 2 aromatic heterocycles. The molecule has 1 saturated heterocycles. The largest absolute Gasteiger partial charge is 0.497 e. The van der Waals surface area contributed by atoms with Crippen molar-refractivity contribution in [2.24, 2.45) is 0 Å². The average Bonchev–Trinajstić information content (AvgIpc) is 3.41. The molecule has 11 heteroatoms. The van der Waals surface area contributed by atoms with Crippen LogP contribution in [0.2, 0.25) is 0 Å². The number of fused-ring (bicyclic) bond motifs is 1. The van der Waals surface area contributed by atoms with Crippen LogP contribution in [-0.2, 0) is 16.6 Å². The van der Waals surface area contributed by atoms with E-state index in [0.717, 1.165) is 68.0 Å². The molecular formula is C33H37N7O3S. The molecule has 10 nitrogen and oxygen atoms in total. The van der Waals surface area contributed by atoms with Gasteiger partial charge in [-0.1, -0.05) is 18.2 Å². The minimum Gasteiger partial charge on any atom is -0.497 e. The summed E-state index contributed by atoms with van der Waals surface area (Å²) >= 11 is 0. The Morgan fingerprint density at radius 1 is 0.864 bits per heavy atom. The first kappa shape index (κ1) is 29.6. The Hall–Kier alpha value is -4.45. The third-order valence-corrected chi connectivity index (χ3v) is 9.38. The fourth-order valence-corrected chi connectivity index (χ4v) is 6.54. The van der Waals surface area contributed by atoms with Gasteiger partial charge in [0.05, 0.1) is 17.7 Å². The second-order valence-electron chi connectivity index (χ2n) is 11.0. The molecule has 44 heavy (non-hydrogen) atoms. The summed E-state index contributed by atoms with van der Waals surface area (Å²) in [5.74, 6) is 1.24. The topological polar surface area (TPSA) is 105 Å². The van der Waals surface area contributed by atoms with Gasteiger partial charge in [-0.05, 0) is 74.6 Å². The fraction of sp³-hybridized carbons (Fsp3) is 0.273. The Morgan fingerprint density at radius 2 is 1.59 bits per heavy atom. The molecule has 3 aromatic carbocycles. The summed E-state index contributed by atoms with van der Waals surface area (Å²) in [6, 6.07) is 23.7. The predicted molar refractivity (Wildman–Crippen MR) is 175 cm³/mol. The number of anilines is 3. The number of sulfonamides is 1. The molecule has 1 aliphatic rings. The Kier molecular flexibility index (Phi) is 8.78. The van der Waals surface area contributed by atoms with Crippen LogP contribution in [0.15, 0.2) is 96.3 Å². The zero-order valence-corrected chi connectivity index (χ0v) is 25.8. The predicted octanol–water partition coefficient (Wildman–Crippen LogP) is 5.29. The lowest BCUT2D eigenvalue weighted by Gasteiger charge is -2.32. The van der Waals surface area contributed by atoms with E-state index in [1.807, 2.05) is 6.07 Å². The van der Waals surface area contributed by atoms with Crippen molar-refractivity contribution in [3.05, 3.63) is 91.4 Å². The summed E-state index contributed by atoms with van der Waals surface area (Å²) < 4.78 is 35.7. The molecule has 0 bridgehead atoms. The summed E-state index contributed by atoms with van der Waals surface area (Å²) in [5.41, 5.74) is 4.32. The molecule has 0 radical (unpaired) electrons. The molecule has 6 rings (SSSR count). The maximum absolute atomic E-state index is 12.8. The summed E-state index contributed by atoms with van der Waals surface area (Å²) in [5, 5.41) is 4.48. The van der Waals surface area contributed by atoms with Crippen LogP contribution in [0.4, 0.5) is 17.2 Å². The Labute approximate surface area is 258 Å². The zero-order valence-electron chi connectivity index (χ0n) is 25.0. The van der Waals surface area contributed by atoms with Crippen LogP contribution < -0.4 is 14.8 Å². The molecule has 0 saturated carbocycles. The van der Waals surface area contributed by atoms with Crippen LogP contribution in [0.3, 0.4) is 0 Å². The van der Waals surface area contributed by atoms with Crippen LogP contribution >= 0.6 is 0 Å². The number of nitrogens with zero attached hydrogens (tertiary/aromatic N) is 5. The number of benzene rings is 3. The van der Waals surface area contributed by atoms with E-state index in [2.05, 4.69) is 71.9 Å². The van der Waals surface area contributed by atoms with Crippen molar-refractivity contribution in [2.75, 3.05) is 56.9 Å². The van der Waals surface area contributed by atoms with Gasteiger partial charge in [-0.25, -0.2) is 18.4 Å². The highest BCUT2D eigenvalue weighted by Crippen LogP contribution is 2.31. The van der Waals surface area contributed by atoms with Gasteiger partial charge in [0.1, 0.15) is 17.9 Å². The normalized spacial score (nSPS) is 14.5. The van der Waals surface area contributed by atoms with Gasteiger partial charge >= 0.3 is 0 Å². The first-order valence-corrected chi connectivity index (χ1v) is 16.2. The van der Waals surface area contributed by atoms with E-state index in [4.69, 9.17) is 4.74 Å². The highest BCUT2D eigenvalue weighted by molar-refractivity contribution is 7.92. The van der Waals surface area contributed by atoms with Gasteiger partial charge in [0.25, 0.3) is 10.0 Å². The smallest absolute Gasteiger partial charge is 0.261 e. The van der Waals surface area contributed by atoms with Gasteiger partial charge in [0.2, 0.25) is 0 Å². The van der Waals surface area contributed by atoms with Gasteiger partial charge in [-0.2, -0.15) is 0 Å². The van der Waals surface area contributed by atoms with E-state index in [0.29, 0.717) is 17.3 Å². The highest BCUT2D eigenvalue weighted by atomic mass is 32.2. The molecule has 5 aromatic rings. The van der Waals surface area contributed by atoms with Crippen molar-refractivity contribution in [3.8, 4) is 17.0 Å². The summed E-state index contributed by atoms with van der Waals surface area (Å²) in [6.45, 7) is 6.57. The van der Waals surface area contributed by atoms with Gasteiger partial charge in [0, 0.05) is 72.8 Å². The van der Waals surface area contributed by atoms with Crippen LogP contribution in [0.5, 0.6) is 5.75 Å². The van der Waals surface area contributed by atoms with Crippen molar-refractivity contribution >= 4 is 38.1 Å². The van der Waals surface area contributed by atoms with Gasteiger partial charge < -0.3 is 24.4 Å². The Balaban J connectivity index is 1.13. The SMILES string of the molecule is COc1ccc(S(=O)(=O)Nc2ccc(Nc3cc(-c4cn(CCCN5CCN(C)CC5)c5ccccc45)ncn3)cc2)cc1. The van der Waals surface area contributed by atoms with E-state index in [1.165, 1.54) is 24.8 Å². The van der Waals surface area contributed by atoms with E-state index in [9.17, 15) is 8.42 Å². The molecule has 0 amide bonds. The van der Waals surface area contributed by atoms with Gasteiger partial charge in [0.15, 0.2) is 0 Å². The zero-order chi connectivity index (χ0) is 30.5. The first-order chi connectivity index (χ1) is 21.4. The van der Waals surface area contributed by atoms with Crippen molar-refractivity contribution in [1.29, 1.82) is 0 Å². The Bertz CT molecular complexity index is 1820. The van der Waals surface area contributed by atoms with Crippen molar-refractivity contribution in [3.63, 3.8) is 0 Å². The summed E-state index contributed by atoms with van der Waals surface area (Å²) in [7, 11) is -0.00360. The molecule has 228 valence electrons. The number of aryl methyl sites for hydroxylation is 1. The molecule has 0 atom stereocenters. The molecule has 0 unspecified atom stereocenters. The lowest BCUT2D eigenvalue weighted by atomic mass is 10.1. The number of nitrogens with one attached hydrogen (secondary N) is 2. The number of likely N-dealkylation sites (N-methyl/N-ethyl adjacent to an activating group) is 1. The van der Waals surface area contributed by atoms with Crippen molar-refractivity contribution in [1.82, 2.24) is 24.3 Å². The van der Waals surface area contributed by atoms with E-state index >= 15 is 0 Å². The standard InChI is InChI=1S/C33H37N7O3S/c1-38-18-20-39(21-19-38)16-5-17-40-23-30(29-6-3-4-7-32(29)40)31-22-33(35-24-34-31)36-25-8-10-26(11-9-25)37-44(41,42)28-14-12-27(43-2)13-15-28/h3-4,6-15,22-24,37H,5,16-21H2,1-2H3,(H,34,35,36). The molecule has 3 heterocycles. The molecule has 1 fully saturated rings. The van der Waals surface area contributed by atoms with Crippen LogP contribution in [0, 0.1) is 0 Å². The van der Waals surface area contributed by atoms with Gasteiger partial charge in [-0.3, -0.25) is 4.72 Å². The lowest BCUT2D eigenvalue weighted by Crippen LogP contribution is -2.44. The van der Waals surface area contributed by atoms with Gasteiger partial charge in [-0.15, -0.1) is 0 Å². The average molecular weight is 612 g/mol. The van der Waals surface area contributed by atoms with Crippen LogP contribution in [0.1, 0.15) is 6.42 Å². The minimum atomic E-state index is -3.73. The second-order valence-corrected chi connectivity index (χ2v) is 12.7. The monoisotopic (exact) mass is 611 g/mol. The van der Waals surface area contributed by atoms with Crippen molar-refractivity contribution < 1.29 is 13.2 Å². The van der Waals surface area contributed by atoms with Crippen LogP contribution in [-0.4, -0.2) is 79.6 Å². The number of ether oxygens (including phenoxy) is 1. The number of rotatable bonds is 11. The van der Waals surface area contributed by atoms with Crippen molar-refractivity contribution in [2.45, 2.75) is 17.9 Å². The molecule has 0 aliphatic carbocycles. The quantitative estimate of drug-likeness (QED) is 0.208. The fourth-order valence-electron chi connectivity index (χ4n) is 5.48. The minimum absolute atomic E-state index is 0.158. The van der Waals surface area contributed by atoms with E-state index in [-0.39, 0.29) is 4.90 Å². The molecular weight excluding hydrogens is 574 g/mol. The maximum atomic E-state index is 12.8. The summed E-state index contributed by atoms with van der Waals surface area (Å²) in [4.78, 5) is 14.1. The van der Waals surface area contributed by atoms with E-state index < -0.39 is 10.0 Å². The lowest BCUT2D eigenvalue weighted by molar-refractivity contribution is 0.151. The number of methoxy groups -OCH3 is 1. The number of aromatic nitrogens is 3. The molecule has 0 spiro atoms. The second kappa shape index (κ2) is 13.0. The summed E-state index contributed by atoms with van der Waals surface area (Å²) in [6.07, 6.45) is 4.85. The van der Waals surface area contributed by atoms with Crippen LogP contribution in [0.25, 0.3) is 22.2 Å².